The van der Waals surface area contributed by atoms with Gasteiger partial charge in [-0.2, -0.15) is 0 Å². The summed E-state index contributed by atoms with van der Waals surface area (Å²) in [7, 11) is -0.0605. The summed E-state index contributed by atoms with van der Waals surface area (Å²) in [6.45, 7) is 4.46. The molecule has 2 aliphatic carbocycles. The molecular formula is C40H52ClN3O8S. The van der Waals surface area contributed by atoms with Crippen LogP contribution in [-0.4, -0.2) is 119 Å². The first kappa shape index (κ1) is 38.1. The lowest BCUT2D eigenvalue weighted by Crippen LogP contribution is -2.50. The van der Waals surface area contributed by atoms with E-state index in [1.54, 1.807) is 13.1 Å². The molecular weight excluding hydrogens is 718 g/mol. The third-order valence-electron chi connectivity index (χ3n) is 12.3. The Bertz CT molecular complexity index is 1830. The summed E-state index contributed by atoms with van der Waals surface area (Å²) in [5, 5.41) is 12.7. The zero-order valence-corrected chi connectivity index (χ0v) is 32.4. The van der Waals surface area contributed by atoms with Crippen LogP contribution in [0.1, 0.15) is 55.2 Å². The molecule has 0 aromatic heterocycles. The van der Waals surface area contributed by atoms with Gasteiger partial charge in [-0.3, -0.25) is 9.69 Å². The molecule has 1 N–H and O–H groups in total. The number of methoxy groups -OCH3 is 1. The van der Waals surface area contributed by atoms with Crippen molar-refractivity contribution in [1.82, 2.24) is 9.80 Å². The van der Waals surface area contributed by atoms with Gasteiger partial charge < -0.3 is 29.1 Å². The van der Waals surface area contributed by atoms with Gasteiger partial charge in [-0.15, -0.1) is 0 Å². The highest BCUT2D eigenvalue weighted by molar-refractivity contribution is 7.91. The molecule has 2 aromatic rings. The third kappa shape index (κ3) is 7.99. The van der Waals surface area contributed by atoms with Gasteiger partial charge in [0.2, 0.25) is 5.91 Å². The monoisotopic (exact) mass is 769 g/mol. The van der Waals surface area contributed by atoms with Gasteiger partial charge >= 0.3 is 5.97 Å². The first-order valence-corrected chi connectivity index (χ1v) is 21.2. The number of fused-ring (bicyclic) bond motifs is 4. The fraction of sp³-hybridized carbons (Fsp3) is 0.600. The van der Waals surface area contributed by atoms with E-state index in [2.05, 4.69) is 34.1 Å². The van der Waals surface area contributed by atoms with Crippen molar-refractivity contribution >= 4 is 39.0 Å². The van der Waals surface area contributed by atoms with E-state index in [0.717, 1.165) is 42.8 Å². The van der Waals surface area contributed by atoms with Crippen LogP contribution in [0.4, 0.5) is 5.69 Å². The lowest BCUT2D eigenvalue weighted by molar-refractivity contribution is -0.168. The number of rotatable bonds is 5. The quantitative estimate of drug-likeness (QED) is 0.351. The van der Waals surface area contributed by atoms with Gasteiger partial charge in [0.1, 0.15) is 5.75 Å². The minimum atomic E-state index is -2.96. The van der Waals surface area contributed by atoms with Crippen LogP contribution in [0.25, 0.3) is 0 Å². The number of sulfone groups is 1. The molecule has 53 heavy (non-hydrogen) atoms. The molecule has 1 saturated heterocycles. The fourth-order valence-electron chi connectivity index (χ4n) is 8.96. The number of benzene rings is 2. The highest BCUT2D eigenvalue weighted by atomic mass is 35.5. The summed E-state index contributed by atoms with van der Waals surface area (Å²) < 4.78 is 42.4. The summed E-state index contributed by atoms with van der Waals surface area (Å²) in [5.74, 6) is 0.306. The number of aryl methyl sites for hydroxylation is 1. The third-order valence-corrected chi connectivity index (χ3v) is 14.2. The molecule has 3 heterocycles. The second-order valence-corrected chi connectivity index (χ2v) is 18.4. The molecule has 13 heteroatoms. The predicted octanol–water partition coefficient (Wildman–Crippen LogP) is 4.12. The lowest BCUT2D eigenvalue weighted by Gasteiger charge is -2.46. The maximum absolute atomic E-state index is 13.6. The van der Waals surface area contributed by atoms with E-state index < -0.39 is 27.8 Å². The standard InChI is InChI=1S/C40H52ClN3O8S/c1-42-15-4-3-7-35(51-19-16-43-17-20-53(48,49)21-18-43)32-11-8-29(32)25-44-26-39(14-5-6-28-22-31(41)10-12-33(28)39)27-52-36-13-9-30(23-34(36)44)40(47,24-37(42)45)38(46)50-2/h3,7,9-10,12-13,22-23,29,32,35,47H,4-6,8,11,14-21,24-27H2,1-2H3/b7-3+/t29-,32+,35-,39-,40+/m0/s1. The molecule has 3 aliphatic heterocycles. The molecule has 2 fully saturated rings. The normalized spacial score (nSPS) is 31.0. The Hall–Kier alpha value is -3.16. The van der Waals surface area contributed by atoms with Crippen LogP contribution in [-0.2, 0) is 46.3 Å². The van der Waals surface area contributed by atoms with Crippen molar-refractivity contribution in [2.75, 3.05) is 83.0 Å². The van der Waals surface area contributed by atoms with E-state index >= 15 is 0 Å². The number of carbonyl (C=O) groups excluding carboxylic acids is 2. The van der Waals surface area contributed by atoms with Crippen molar-refractivity contribution in [3.8, 4) is 5.75 Å². The number of aliphatic hydroxyl groups is 1. The van der Waals surface area contributed by atoms with Gasteiger partial charge in [0, 0.05) is 56.8 Å². The summed E-state index contributed by atoms with van der Waals surface area (Å²) in [6.07, 6.45) is 9.09. The van der Waals surface area contributed by atoms with E-state index in [-0.39, 0.29) is 40.4 Å². The maximum atomic E-state index is 13.6. The molecule has 7 rings (SSSR count). The summed E-state index contributed by atoms with van der Waals surface area (Å²) >= 11 is 6.48. The molecule has 1 amide bonds. The highest BCUT2D eigenvalue weighted by Crippen LogP contribution is 2.48. The van der Waals surface area contributed by atoms with Gasteiger partial charge in [0.05, 0.1) is 50.0 Å². The fourth-order valence-corrected chi connectivity index (χ4v) is 10.4. The van der Waals surface area contributed by atoms with Gasteiger partial charge in [-0.1, -0.05) is 35.9 Å². The largest absolute Gasteiger partial charge is 0.490 e. The minimum absolute atomic E-state index is 0.138. The van der Waals surface area contributed by atoms with E-state index in [4.69, 9.17) is 25.8 Å². The number of amides is 1. The van der Waals surface area contributed by atoms with Crippen LogP contribution < -0.4 is 9.64 Å². The van der Waals surface area contributed by atoms with Crippen LogP contribution >= 0.6 is 11.6 Å². The van der Waals surface area contributed by atoms with Crippen molar-refractivity contribution in [3.63, 3.8) is 0 Å². The summed E-state index contributed by atoms with van der Waals surface area (Å²) in [5.41, 5.74) is 1.04. The Kier molecular flexibility index (Phi) is 11.2. The average Bonchev–Trinajstić information content (AvgIpc) is 3.28. The van der Waals surface area contributed by atoms with E-state index in [9.17, 15) is 23.1 Å². The van der Waals surface area contributed by atoms with Crippen LogP contribution in [0.15, 0.2) is 48.6 Å². The topological polar surface area (TPSA) is 126 Å². The second kappa shape index (κ2) is 15.5. The van der Waals surface area contributed by atoms with E-state index in [0.29, 0.717) is 70.6 Å². The van der Waals surface area contributed by atoms with Crippen LogP contribution in [0.3, 0.4) is 0 Å². The van der Waals surface area contributed by atoms with Crippen LogP contribution in [0.5, 0.6) is 5.75 Å². The Morgan fingerprint density at radius 2 is 1.92 bits per heavy atom. The van der Waals surface area contributed by atoms with Gasteiger partial charge in [0.25, 0.3) is 0 Å². The molecule has 0 radical (unpaired) electrons. The molecule has 5 aliphatic rings. The number of hydrogen-bond acceptors (Lipinski definition) is 10. The van der Waals surface area contributed by atoms with Crippen molar-refractivity contribution in [2.45, 2.75) is 62.1 Å². The summed E-state index contributed by atoms with van der Waals surface area (Å²) in [4.78, 5) is 32.9. The van der Waals surface area contributed by atoms with E-state index in [1.807, 2.05) is 18.2 Å². The van der Waals surface area contributed by atoms with Gasteiger partial charge in [0.15, 0.2) is 15.4 Å². The average molecular weight is 770 g/mol. The molecule has 11 nitrogen and oxygen atoms in total. The summed E-state index contributed by atoms with van der Waals surface area (Å²) in [6, 6.07) is 11.5. The molecule has 2 aromatic carbocycles. The first-order chi connectivity index (χ1) is 25.4. The zero-order valence-electron chi connectivity index (χ0n) is 30.8. The molecule has 2 bridgehead atoms. The number of esters is 1. The van der Waals surface area contributed by atoms with Crippen LogP contribution in [0.2, 0.25) is 5.02 Å². The maximum Gasteiger partial charge on any atom is 0.343 e. The smallest absolute Gasteiger partial charge is 0.343 e. The first-order valence-electron chi connectivity index (χ1n) is 19.0. The Labute approximate surface area is 318 Å². The van der Waals surface area contributed by atoms with Crippen molar-refractivity contribution < 1.29 is 37.3 Å². The minimum Gasteiger partial charge on any atom is -0.490 e. The molecule has 288 valence electrons. The SMILES string of the molecule is COC(=O)[C@@]1(O)CC(=O)N(C)CC/C=C/[C@H](OCCN2CCS(=O)(=O)CC2)[C@@H]2CC[C@H]2CN2C[C@@]3(CCCc4cc(Cl)ccc43)COc3ccc1cc32. The number of anilines is 1. The zero-order chi connectivity index (χ0) is 37.4. The van der Waals surface area contributed by atoms with E-state index in [1.165, 1.54) is 23.1 Å². The van der Waals surface area contributed by atoms with Crippen molar-refractivity contribution in [1.29, 1.82) is 0 Å². The molecule has 0 unspecified atom stereocenters. The predicted molar refractivity (Wildman–Crippen MR) is 203 cm³/mol. The number of ether oxygens (including phenoxy) is 3. The number of carbonyl (C=O) groups is 2. The van der Waals surface area contributed by atoms with Crippen molar-refractivity contribution in [2.24, 2.45) is 11.8 Å². The van der Waals surface area contributed by atoms with Crippen LogP contribution in [0, 0.1) is 11.8 Å². The Balaban J connectivity index is 1.23. The molecule has 1 saturated carbocycles. The highest BCUT2D eigenvalue weighted by Gasteiger charge is 2.47. The Morgan fingerprint density at radius 3 is 2.68 bits per heavy atom. The number of halogens is 1. The number of hydrogen-bond donors (Lipinski definition) is 1. The lowest BCUT2D eigenvalue weighted by atomic mass is 9.68. The molecule has 1 spiro atoms. The van der Waals surface area contributed by atoms with Gasteiger partial charge in [-0.05, 0) is 91.3 Å². The van der Waals surface area contributed by atoms with Crippen molar-refractivity contribution in [3.05, 3.63) is 70.3 Å². The Morgan fingerprint density at radius 1 is 1.11 bits per heavy atom. The number of nitrogens with zero attached hydrogens (tertiary/aromatic N) is 3. The second-order valence-electron chi connectivity index (χ2n) is 15.7. The van der Waals surface area contributed by atoms with Gasteiger partial charge in [-0.25, -0.2) is 13.2 Å². The molecule has 5 atom stereocenters.